The minimum atomic E-state index is 0.0878. The van der Waals surface area contributed by atoms with Crippen molar-refractivity contribution in [3.8, 4) is 0 Å². The van der Waals surface area contributed by atoms with Crippen molar-refractivity contribution in [1.29, 1.82) is 0 Å². The van der Waals surface area contributed by atoms with Gasteiger partial charge in [-0.05, 0) is 0 Å². The van der Waals surface area contributed by atoms with Crippen molar-refractivity contribution >= 4 is 23.2 Å². The molecule has 0 atom stereocenters. The Bertz CT molecular complexity index is 575. The lowest BCUT2D eigenvalue weighted by Gasteiger charge is -2.53. The number of likely N-dealkylation sites (tertiary alicyclic amines) is 2. The van der Waals surface area contributed by atoms with Crippen molar-refractivity contribution < 1.29 is 9.59 Å². The van der Waals surface area contributed by atoms with E-state index in [2.05, 4.69) is 9.88 Å². The van der Waals surface area contributed by atoms with E-state index in [4.69, 9.17) is 0 Å². The number of carbonyl (C=O) groups is 2. The molecule has 106 valence electrons. The van der Waals surface area contributed by atoms with Gasteiger partial charge >= 0.3 is 0 Å². The van der Waals surface area contributed by atoms with Crippen LogP contribution in [-0.4, -0.2) is 69.8 Å². The van der Waals surface area contributed by atoms with Crippen LogP contribution in [0.5, 0.6) is 0 Å². The molecule has 0 aliphatic carbocycles. The zero-order valence-electron chi connectivity index (χ0n) is 11.3. The summed E-state index contributed by atoms with van der Waals surface area (Å²) in [5.74, 6) is 0.244. The van der Waals surface area contributed by atoms with E-state index in [0.717, 1.165) is 37.6 Å². The second-order valence-corrected chi connectivity index (χ2v) is 6.68. The van der Waals surface area contributed by atoms with Crippen LogP contribution in [0.2, 0.25) is 0 Å². The molecule has 0 radical (unpaired) electrons. The zero-order chi connectivity index (χ0) is 13.9. The molecule has 7 heteroatoms. The number of hydrogen-bond acceptors (Lipinski definition) is 5. The van der Waals surface area contributed by atoms with Gasteiger partial charge in [-0.3, -0.25) is 14.5 Å². The predicted molar refractivity (Wildman–Crippen MR) is 73.4 cm³/mol. The fourth-order valence-electron chi connectivity index (χ4n) is 3.14. The Hall–Kier alpha value is -1.47. The summed E-state index contributed by atoms with van der Waals surface area (Å²) in [6.07, 6.45) is 0. The van der Waals surface area contributed by atoms with Gasteiger partial charge in [0, 0.05) is 39.1 Å². The molecule has 0 bridgehead atoms. The molecule has 3 aliphatic heterocycles. The summed E-state index contributed by atoms with van der Waals surface area (Å²) in [4.78, 5) is 34.8. The maximum atomic E-state index is 12.2. The highest BCUT2D eigenvalue weighted by atomic mass is 32.1. The van der Waals surface area contributed by atoms with Gasteiger partial charge in [-0.2, -0.15) is 0 Å². The van der Waals surface area contributed by atoms with Gasteiger partial charge in [-0.25, -0.2) is 4.98 Å². The summed E-state index contributed by atoms with van der Waals surface area (Å²) in [7, 11) is 0. The third-order valence-corrected chi connectivity index (χ3v) is 5.39. The van der Waals surface area contributed by atoms with Crippen LogP contribution in [-0.2, 0) is 11.3 Å². The van der Waals surface area contributed by atoms with Crippen LogP contribution in [0.15, 0.2) is 5.51 Å². The van der Waals surface area contributed by atoms with Crippen molar-refractivity contribution in [3.63, 3.8) is 0 Å². The van der Waals surface area contributed by atoms with E-state index in [-0.39, 0.29) is 11.8 Å². The third kappa shape index (κ3) is 1.69. The van der Waals surface area contributed by atoms with Gasteiger partial charge in [-0.15, -0.1) is 11.3 Å². The van der Waals surface area contributed by atoms with Crippen LogP contribution in [0.3, 0.4) is 0 Å². The fraction of sp³-hybridized carbons (Fsp3) is 0.615. The molecule has 1 aromatic rings. The molecule has 20 heavy (non-hydrogen) atoms. The Balaban J connectivity index is 1.31. The monoisotopic (exact) mass is 292 g/mol. The smallest absolute Gasteiger partial charge is 0.274 e. The molecule has 2 saturated heterocycles. The number of amides is 2. The van der Waals surface area contributed by atoms with Gasteiger partial charge in [0.1, 0.15) is 5.69 Å². The molecule has 2 fully saturated rings. The van der Waals surface area contributed by atoms with Gasteiger partial charge in [0.2, 0.25) is 5.91 Å². The lowest BCUT2D eigenvalue weighted by Crippen LogP contribution is -2.70. The Kier molecular flexibility index (Phi) is 2.62. The minimum Gasteiger partial charge on any atom is -0.340 e. The molecule has 3 aliphatic rings. The van der Waals surface area contributed by atoms with Crippen molar-refractivity contribution in [1.82, 2.24) is 19.7 Å². The fourth-order valence-corrected chi connectivity index (χ4v) is 3.89. The summed E-state index contributed by atoms with van der Waals surface area (Å²) in [6.45, 7) is 5.87. The van der Waals surface area contributed by atoms with Gasteiger partial charge in [0.05, 0.1) is 23.0 Å². The van der Waals surface area contributed by atoms with E-state index in [0.29, 0.717) is 17.8 Å². The van der Waals surface area contributed by atoms with Gasteiger partial charge < -0.3 is 9.80 Å². The number of rotatable bonds is 2. The van der Waals surface area contributed by atoms with Crippen LogP contribution >= 0.6 is 11.3 Å². The van der Waals surface area contributed by atoms with Crippen LogP contribution in [0, 0.1) is 0 Å². The van der Waals surface area contributed by atoms with Gasteiger partial charge in [0.25, 0.3) is 5.91 Å². The van der Waals surface area contributed by atoms with E-state index in [1.165, 1.54) is 0 Å². The molecule has 1 aromatic heterocycles. The van der Waals surface area contributed by atoms with Crippen molar-refractivity contribution in [2.75, 3.05) is 26.2 Å². The molecule has 4 heterocycles. The summed E-state index contributed by atoms with van der Waals surface area (Å²) < 4.78 is 0. The lowest BCUT2D eigenvalue weighted by molar-refractivity contribution is -0.138. The van der Waals surface area contributed by atoms with E-state index in [9.17, 15) is 9.59 Å². The summed E-state index contributed by atoms with van der Waals surface area (Å²) in [5.41, 5.74) is 2.40. The highest BCUT2D eigenvalue weighted by Gasteiger charge is 2.45. The zero-order valence-corrected chi connectivity index (χ0v) is 12.1. The Morgan fingerprint density at radius 3 is 2.70 bits per heavy atom. The number of hydrogen-bond donors (Lipinski definition) is 0. The van der Waals surface area contributed by atoms with Crippen LogP contribution in [0.25, 0.3) is 0 Å². The second kappa shape index (κ2) is 4.26. The Labute approximate surface area is 121 Å². The first kappa shape index (κ1) is 12.3. The highest BCUT2D eigenvalue weighted by Crippen LogP contribution is 2.31. The molecular weight excluding hydrogens is 276 g/mol. The Morgan fingerprint density at radius 2 is 2.05 bits per heavy atom. The van der Waals surface area contributed by atoms with E-state index >= 15 is 0 Å². The van der Waals surface area contributed by atoms with Crippen molar-refractivity contribution in [2.45, 2.75) is 25.6 Å². The topological polar surface area (TPSA) is 56.8 Å². The molecule has 2 amide bonds. The average Bonchev–Trinajstić information content (AvgIpc) is 2.83. The molecule has 0 spiro atoms. The molecule has 4 rings (SSSR count). The summed E-state index contributed by atoms with van der Waals surface area (Å²) in [5, 5.41) is 0. The van der Waals surface area contributed by atoms with Crippen LogP contribution in [0.1, 0.15) is 22.3 Å². The van der Waals surface area contributed by atoms with E-state index in [1.807, 2.05) is 9.80 Å². The average molecular weight is 292 g/mol. The largest absolute Gasteiger partial charge is 0.340 e. The SMILES string of the molecule is CC(=O)N1CC(N2CC(N3Cc4scnc4C3=O)C2)C1. The van der Waals surface area contributed by atoms with Crippen molar-refractivity contribution in [3.05, 3.63) is 16.1 Å². The number of nitrogens with zero attached hydrogens (tertiary/aromatic N) is 4. The number of carbonyl (C=O) groups excluding carboxylic acids is 2. The first-order chi connectivity index (χ1) is 9.63. The van der Waals surface area contributed by atoms with Crippen molar-refractivity contribution in [2.24, 2.45) is 0 Å². The molecule has 0 aromatic carbocycles. The van der Waals surface area contributed by atoms with E-state index < -0.39 is 0 Å². The molecule has 6 nitrogen and oxygen atoms in total. The quantitative estimate of drug-likeness (QED) is 0.771. The standard InChI is InChI=1S/C13H16N4O2S/c1-8(18)15-2-9(3-15)16-4-10(5-16)17-6-11-12(13(17)19)14-7-20-11/h7,9-10H,2-6H2,1H3. The molecule has 0 saturated carbocycles. The molecule has 0 unspecified atom stereocenters. The summed E-state index contributed by atoms with van der Waals surface area (Å²) in [6, 6.07) is 0.801. The molecular formula is C13H16N4O2S. The van der Waals surface area contributed by atoms with E-state index in [1.54, 1.807) is 23.8 Å². The van der Waals surface area contributed by atoms with Crippen LogP contribution in [0.4, 0.5) is 0 Å². The predicted octanol–water partition coefficient (Wildman–Crippen LogP) is 0.0138. The van der Waals surface area contributed by atoms with Gasteiger partial charge in [0.15, 0.2) is 0 Å². The first-order valence-corrected chi connectivity index (χ1v) is 7.74. The maximum Gasteiger partial charge on any atom is 0.274 e. The first-order valence-electron chi connectivity index (χ1n) is 6.86. The normalized spacial score (nSPS) is 23.8. The molecule has 0 N–H and O–H groups in total. The number of fused-ring (bicyclic) bond motifs is 1. The van der Waals surface area contributed by atoms with Gasteiger partial charge in [-0.1, -0.05) is 0 Å². The summed E-state index contributed by atoms with van der Waals surface area (Å²) >= 11 is 1.57. The van der Waals surface area contributed by atoms with Crippen LogP contribution < -0.4 is 0 Å². The number of thiazole rings is 1. The maximum absolute atomic E-state index is 12.2. The Morgan fingerprint density at radius 1 is 1.30 bits per heavy atom. The minimum absolute atomic E-state index is 0.0878. The second-order valence-electron chi connectivity index (χ2n) is 5.74. The lowest BCUT2D eigenvalue weighted by atomic mass is 9.99. The number of aromatic nitrogens is 1. The highest BCUT2D eigenvalue weighted by molar-refractivity contribution is 7.10. The third-order valence-electron chi connectivity index (χ3n) is 4.57.